The maximum atomic E-state index is 10.7. The fourth-order valence-electron chi connectivity index (χ4n) is 2.24. The molecule has 0 aliphatic heterocycles. The first-order chi connectivity index (χ1) is 12.1. The van der Waals surface area contributed by atoms with Crippen LogP contribution in [0.4, 0.5) is 0 Å². The number of hydrogen-bond acceptors (Lipinski definition) is 6. The third-order valence-electron chi connectivity index (χ3n) is 3.41. The molecule has 0 aromatic heterocycles. The molecule has 2 rings (SSSR count). The van der Waals surface area contributed by atoms with Gasteiger partial charge in [-0.15, -0.1) is 0 Å². The Bertz CT molecular complexity index is 820. The SMILES string of the molecule is Cc1cccc(C(=O)O)c1C(=O)O.Cc1cccc(C(=O)[O-])c1C(=O)[O-].[Na+].[Na+]. The smallest absolute Gasteiger partial charge is 0.545 e. The van der Waals surface area contributed by atoms with Crippen LogP contribution in [0.5, 0.6) is 0 Å². The molecule has 0 aliphatic carbocycles. The van der Waals surface area contributed by atoms with E-state index in [1.165, 1.54) is 37.3 Å². The summed E-state index contributed by atoms with van der Waals surface area (Å²) in [6.07, 6.45) is 0. The summed E-state index contributed by atoms with van der Waals surface area (Å²) >= 11 is 0. The van der Waals surface area contributed by atoms with Gasteiger partial charge < -0.3 is 30.0 Å². The summed E-state index contributed by atoms with van der Waals surface area (Å²) in [6, 6.07) is 8.48. The molecule has 0 unspecified atom stereocenters. The number of carboxylic acid groups (broad SMARTS) is 4. The number of carboxylic acids is 4. The Kier molecular flexibility index (Phi) is 13.0. The van der Waals surface area contributed by atoms with Crippen LogP contribution in [0, 0.1) is 13.8 Å². The molecule has 0 atom stereocenters. The van der Waals surface area contributed by atoms with E-state index in [2.05, 4.69) is 0 Å². The van der Waals surface area contributed by atoms with Gasteiger partial charge in [0.1, 0.15) is 0 Å². The standard InChI is InChI=1S/2C9H8O4.2Na/c2*1-5-3-2-4-6(8(10)11)7(5)9(12)13;;/h2*2-4H,1H3,(H,10,11)(H,12,13);;/q;;2*+1/p-2. The van der Waals surface area contributed by atoms with Crippen LogP contribution < -0.4 is 69.3 Å². The predicted octanol–water partition coefficient (Wildman–Crippen LogP) is -5.88. The zero-order chi connectivity index (χ0) is 20.0. The molecule has 0 saturated carbocycles. The van der Waals surface area contributed by atoms with Crippen molar-refractivity contribution in [2.75, 3.05) is 0 Å². The van der Waals surface area contributed by atoms with E-state index in [9.17, 15) is 29.4 Å². The Labute approximate surface area is 204 Å². The van der Waals surface area contributed by atoms with E-state index >= 15 is 0 Å². The molecule has 0 saturated heterocycles. The van der Waals surface area contributed by atoms with E-state index in [0.717, 1.165) is 0 Å². The van der Waals surface area contributed by atoms with Crippen LogP contribution in [0.3, 0.4) is 0 Å². The second-order valence-electron chi connectivity index (χ2n) is 5.18. The van der Waals surface area contributed by atoms with E-state index in [0.29, 0.717) is 11.1 Å². The molecule has 2 aromatic rings. The molecular weight excluding hydrogens is 390 g/mol. The zero-order valence-electron chi connectivity index (χ0n) is 15.8. The van der Waals surface area contributed by atoms with Crippen molar-refractivity contribution in [3.05, 3.63) is 69.8 Å². The summed E-state index contributed by atoms with van der Waals surface area (Å²) in [4.78, 5) is 42.3. The van der Waals surface area contributed by atoms with Gasteiger partial charge in [-0.25, -0.2) is 9.59 Å². The third kappa shape index (κ3) is 7.38. The molecule has 0 radical (unpaired) electrons. The fourth-order valence-corrected chi connectivity index (χ4v) is 2.24. The fraction of sp³-hybridized carbons (Fsp3) is 0.111. The summed E-state index contributed by atoms with van der Waals surface area (Å²) in [5, 5.41) is 38.4. The molecule has 2 N–H and O–H groups in total. The molecular formula is C18H14Na2O8. The molecule has 136 valence electrons. The van der Waals surface area contributed by atoms with Gasteiger partial charge in [-0.1, -0.05) is 30.3 Å². The van der Waals surface area contributed by atoms with Crippen molar-refractivity contribution in [2.45, 2.75) is 13.8 Å². The minimum atomic E-state index is -1.51. The summed E-state index contributed by atoms with van der Waals surface area (Å²) in [6.45, 7) is 3.06. The molecule has 10 heteroatoms. The van der Waals surface area contributed by atoms with Gasteiger partial charge in [0.25, 0.3) is 0 Å². The van der Waals surface area contributed by atoms with Gasteiger partial charge in [-0.2, -0.15) is 0 Å². The first-order valence-corrected chi connectivity index (χ1v) is 7.16. The van der Waals surface area contributed by atoms with E-state index in [-0.39, 0.29) is 81.4 Å². The van der Waals surface area contributed by atoms with Crippen molar-refractivity contribution in [3.8, 4) is 0 Å². The van der Waals surface area contributed by atoms with Gasteiger partial charge in [0.15, 0.2) is 0 Å². The van der Waals surface area contributed by atoms with Gasteiger partial charge in [0.05, 0.1) is 23.1 Å². The van der Waals surface area contributed by atoms with Crippen LogP contribution in [0.1, 0.15) is 52.6 Å². The molecule has 0 heterocycles. The van der Waals surface area contributed by atoms with Crippen LogP contribution in [0.25, 0.3) is 0 Å². The van der Waals surface area contributed by atoms with E-state index in [1.54, 1.807) is 13.0 Å². The third-order valence-corrected chi connectivity index (χ3v) is 3.41. The van der Waals surface area contributed by atoms with Crippen molar-refractivity contribution in [1.29, 1.82) is 0 Å². The number of hydrogen-bond donors (Lipinski definition) is 2. The number of rotatable bonds is 4. The van der Waals surface area contributed by atoms with Crippen LogP contribution >= 0.6 is 0 Å². The van der Waals surface area contributed by atoms with Crippen LogP contribution in [-0.2, 0) is 0 Å². The molecule has 0 amide bonds. The monoisotopic (exact) mass is 404 g/mol. The molecule has 0 fully saturated rings. The Morgan fingerprint density at radius 1 is 0.679 bits per heavy atom. The molecule has 0 aliphatic rings. The van der Waals surface area contributed by atoms with Crippen molar-refractivity contribution in [2.24, 2.45) is 0 Å². The molecule has 2 aromatic carbocycles. The van der Waals surface area contributed by atoms with Crippen molar-refractivity contribution in [3.63, 3.8) is 0 Å². The molecule has 28 heavy (non-hydrogen) atoms. The summed E-state index contributed by atoms with van der Waals surface area (Å²) in [5.41, 5.74) is -0.181. The van der Waals surface area contributed by atoms with Crippen molar-refractivity contribution >= 4 is 23.9 Å². The number of aryl methyl sites for hydroxylation is 2. The minimum Gasteiger partial charge on any atom is -0.545 e. The van der Waals surface area contributed by atoms with Crippen molar-refractivity contribution in [1.82, 2.24) is 0 Å². The van der Waals surface area contributed by atoms with E-state index in [4.69, 9.17) is 10.2 Å². The van der Waals surface area contributed by atoms with Gasteiger partial charge in [-0.3, -0.25) is 0 Å². The summed E-state index contributed by atoms with van der Waals surface area (Å²) in [5.74, 6) is -5.45. The molecule has 0 bridgehead atoms. The quantitative estimate of drug-likeness (QED) is 0.478. The van der Waals surface area contributed by atoms with Crippen molar-refractivity contribution < 1.29 is 98.7 Å². The Morgan fingerprint density at radius 3 is 1.39 bits per heavy atom. The van der Waals surface area contributed by atoms with Crippen LogP contribution in [-0.4, -0.2) is 34.1 Å². The van der Waals surface area contributed by atoms with Crippen LogP contribution in [0.15, 0.2) is 36.4 Å². The normalized spacial score (nSPS) is 8.93. The first-order valence-electron chi connectivity index (χ1n) is 7.16. The Balaban J connectivity index is 0. The van der Waals surface area contributed by atoms with E-state index in [1.807, 2.05) is 0 Å². The van der Waals surface area contributed by atoms with Gasteiger partial charge >= 0.3 is 71.1 Å². The second kappa shape index (κ2) is 12.7. The Hall–Kier alpha value is -1.68. The van der Waals surface area contributed by atoms with Gasteiger partial charge in [0, 0.05) is 11.1 Å². The molecule has 8 nitrogen and oxygen atoms in total. The van der Waals surface area contributed by atoms with E-state index < -0.39 is 23.9 Å². The van der Waals surface area contributed by atoms with Crippen LogP contribution in [0.2, 0.25) is 0 Å². The average Bonchev–Trinajstić information content (AvgIpc) is 2.54. The Morgan fingerprint density at radius 2 is 1.11 bits per heavy atom. The van der Waals surface area contributed by atoms with Gasteiger partial charge in [-0.05, 0) is 31.0 Å². The van der Waals surface area contributed by atoms with Gasteiger partial charge in [0.2, 0.25) is 0 Å². The largest absolute Gasteiger partial charge is 1.00 e. The average molecular weight is 404 g/mol. The minimum absolute atomic E-state index is 0. The number of carbonyl (C=O) groups excluding carboxylic acids is 2. The zero-order valence-corrected chi connectivity index (χ0v) is 19.8. The molecule has 0 spiro atoms. The first kappa shape index (κ1) is 28.5. The summed E-state index contributed by atoms with van der Waals surface area (Å²) < 4.78 is 0. The second-order valence-corrected chi connectivity index (χ2v) is 5.18. The number of aromatic carboxylic acids is 4. The number of benzene rings is 2. The topological polar surface area (TPSA) is 155 Å². The summed E-state index contributed by atoms with van der Waals surface area (Å²) in [7, 11) is 0. The maximum Gasteiger partial charge on any atom is 1.00 e. The number of carbonyl (C=O) groups is 4. The maximum absolute atomic E-state index is 10.7. The predicted molar refractivity (Wildman–Crippen MR) is 84.9 cm³/mol.